The summed E-state index contributed by atoms with van der Waals surface area (Å²) >= 11 is 0. The van der Waals surface area contributed by atoms with Gasteiger partial charge in [0.15, 0.2) is 0 Å². The molecule has 0 saturated carbocycles. The Labute approximate surface area is 149 Å². The zero-order chi connectivity index (χ0) is 19.1. The molecular weight excluding hydrogens is 328 g/mol. The summed E-state index contributed by atoms with van der Waals surface area (Å²) in [5, 5.41) is 18.8. The third-order valence-corrected chi connectivity index (χ3v) is 3.74. The number of unbranched alkanes of at least 4 members (excludes halogenated alkanes) is 8. The van der Waals surface area contributed by atoms with E-state index in [0.29, 0.717) is 12.8 Å². The van der Waals surface area contributed by atoms with Crippen molar-refractivity contribution in [1.29, 1.82) is 0 Å². The highest BCUT2D eigenvalue weighted by Crippen LogP contribution is 2.16. The molecule has 25 heavy (non-hydrogen) atoms. The van der Waals surface area contributed by atoms with Crippen LogP contribution in [0.3, 0.4) is 0 Å². The van der Waals surface area contributed by atoms with Crippen molar-refractivity contribution in [1.82, 2.24) is 0 Å². The van der Waals surface area contributed by atoms with E-state index < -0.39 is 23.9 Å². The van der Waals surface area contributed by atoms with Gasteiger partial charge in [-0.05, 0) is 12.8 Å². The number of aliphatic hydroxyl groups is 1. The lowest BCUT2D eigenvalue weighted by Crippen LogP contribution is -2.47. The van der Waals surface area contributed by atoms with Gasteiger partial charge in [0.25, 0.3) is 0 Å². The largest absolute Gasteiger partial charge is 0.478 e. The molecule has 0 atom stereocenters. The minimum atomic E-state index is -3.25. The molecule has 0 aromatic heterocycles. The van der Waals surface area contributed by atoms with Gasteiger partial charge >= 0.3 is 23.9 Å². The molecule has 7 heteroatoms. The monoisotopic (exact) mass is 360 g/mol. The van der Waals surface area contributed by atoms with E-state index in [4.69, 9.17) is 5.11 Å². The molecule has 0 spiro atoms. The van der Waals surface area contributed by atoms with E-state index in [0.717, 1.165) is 51.4 Å². The Kier molecular flexibility index (Phi) is 12.7. The van der Waals surface area contributed by atoms with Gasteiger partial charge in [-0.2, -0.15) is 0 Å². The quantitative estimate of drug-likeness (QED) is 0.261. The maximum atomic E-state index is 11.7. The summed E-state index contributed by atoms with van der Waals surface area (Å²) in [6, 6.07) is 0. The number of carbonyl (C=O) groups is 3. The van der Waals surface area contributed by atoms with E-state index in [-0.39, 0.29) is 12.8 Å². The summed E-state index contributed by atoms with van der Waals surface area (Å²) in [5.41, 5.74) is 0. The van der Waals surface area contributed by atoms with Gasteiger partial charge in [0, 0.05) is 12.8 Å². The average Bonchev–Trinajstić information content (AvgIpc) is 2.54. The molecule has 0 fully saturated rings. The third kappa shape index (κ3) is 11.5. The van der Waals surface area contributed by atoms with Crippen LogP contribution in [0, 0.1) is 0 Å². The normalized spacial score (nSPS) is 11.2. The molecule has 0 radical (unpaired) electrons. The average molecular weight is 360 g/mol. The number of carboxylic acid groups (broad SMARTS) is 1. The van der Waals surface area contributed by atoms with Crippen LogP contribution in [0.5, 0.6) is 0 Å². The van der Waals surface area contributed by atoms with Gasteiger partial charge in [-0.15, -0.1) is 0 Å². The lowest BCUT2D eigenvalue weighted by molar-refractivity contribution is -0.314. The number of ether oxygens (including phenoxy) is 2. The lowest BCUT2D eigenvalue weighted by atomic mass is 10.1. The maximum Gasteiger partial charge on any atom is 0.478 e. The van der Waals surface area contributed by atoms with Crippen molar-refractivity contribution < 1.29 is 34.1 Å². The smallest absolute Gasteiger partial charge is 0.473 e. The summed E-state index contributed by atoms with van der Waals surface area (Å²) in [7, 11) is 0. The van der Waals surface area contributed by atoms with Crippen molar-refractivity contribution in [3.8, 4) is 0 Å². The molecule has 0 bridgehead atoms. The van der Waals surface area contributed by atoms with E-state index in [1.165, 1.54) is 0 Å². The first kappa shape index (κ1) is 23.4. The Bertz CT molecular complexity index is 378. The summed E-state index contributed by atoms with van der Waals surface area (Å²) in [6.45, 7) is 4.14. The van der Waals surface area contributed by atoms with E-state index >= 15 is 0 Å². The molecule has 0 aliphatic rings. The zero-order valence-corrected chi connectivity index (χ0v) is 15.4. The predicted octanol–water partition coefficient (Wildman–Crippen LogP) is 3.52. The summed E-state index contributed by atoms with van der Waals surface area (Å²) in [4.78, 5) is 34.5. The van der Waals surface area contributed by atoms with Crippen molar-refractivity contribution in [3.63, 3.8) is 0 Å². The van der Waals surface area contributed by atoms with Gasteiger partial charge in [0.2, 0.25) is 0 Å². The molecular formula is C18H32O7. The van der Waals surface area contributed by atoms with Crippen LogP contribution in [-0.2, 0) is 23.9 Å². The Morgan fingerprint density at radius 1 is 0.720 bits per heavy atom. The highest BCUT2D eigenvalue weighted by molar-refractivity contribution is 5.82. The highest BCUT2D eigenvalue weighted by Gasteiger charge is 2.45. The Hall–Kier alpha value is -1.63. The lowest BCUT2D eigenvalue weighted by Gasteiger charge is -2.22. The molecule has 0 unspecified atom stereocenters. The zero-order valence-electron chi connectivity index (χ0n) is 15.4. The topological polar surface area (TPSA) is 110 Å². The SMILES string of the molecule is CCCCCCCC(=O)OC(O)(OC(=O)CCCCCCC)C(=O)O. The molecule has 0 saturated heterocycles. The van der Waals surface area contributed by atoms with Gasteiger partial charge in [0.1, 0.15) is 0 Å². The number of hydrogen-bond acceptors (Lipinski definition) is 6. The first-order valence-electron chi connectivity index (χ1n) is 9.25. The fourth-order valence-corrected chi connectivity index (χ4v) is 2.26. The van der Waals surface area contributed by atoms with Crippen LogP contribution in [0.2, 0.25) is 0 Å². The minimum Gasteiger partial charge on any atom is -0.473 e. The molecule has 0 aromatic rings. The molecule has 0 amide bonds. The van der Waals surface area contributed by atoms with Gasteiger partial charge in [-0.3, -0.25) is 9.59 Å². The molecule has 7 nitrogen and oxygen atoms in total. The van der Waals surface area contributed by atoms with Crippen LogP contribution in [0.1, 0.15) is 90.9 Å². The molecule has 146 valence electrons. The van der Waals surface area contributed by atoms with Gasteiger partial charge in [0.05, 0.1) is 0 Å². The van der Waals surface area contributed by atoms with Crippen LogP contribution < -0.4 is 0 Å². The number of carboxylic acids is 1. The first-order valence-corrected chi connectivity index (χ1v) is 9.25. The summed E-state index contributed by atoms with van der Waals surface area (Å²) in [6.07, 6.45) is 8.81. The van der Waals surface area contributed by atoms with E-state index in [2.05, 4.69) is 23.3 Å². The van der Waals surface area contributed by atoms with Crippen molar-refractivity contribution in [2.45, 2.75) is 96.9 Å². The van der Waals surface area contributed by atoms with Gasteiger partial charge in [-0.25, -0.2) is 4.79 Å². The second-order valence-corrected chi connectivity index (χ2v) is 6.16. The summed E-state index contributed by atoms with van der Waals surface area (Å²) in [5.74, 6) is -6.98. The highest BCUT2D eigenvalue weighted by atomic mass is 16.9. The van der Waals surface area contributed by atoms with Crippen molar-refractivity contribution in [2.24, 2.45) is 0 Å². The van der Waals surface area contributed by atoms with Crippen molar-refractivity contribution in [2.75, 3.05) is 0 Å². The van der Waals surface area contributed by atoms with Crippen LogP contribution in [-0.4, -0.2) is 34.1 Å². The van der Waals surface area contributed by atoms with Crippen molar-refractivity contribution >= 4 is 17.9 Å². The van der Waals surface area contributed by atoms with E-state index in [1.54, 1.807) is 0 Å². The fraction of sp³-hybridized carbons (Fsp3) is 0.833. The third-order valence-electron chi connectivity index (χ3n) is 3.74. The molecule has 0 aliphatic heterocycles. The van der Waals surface area contributed by atoms with Gasteiger partial charge < -0.3 is 19.7 Å². The number of carbonyl (C=O) groups excluding carboxylic acids is 2. The van der Waals surface area contributed by atoms with Crippen LogP contribution in [0.15, 0.2) is 0 Å². The molecule has 0 heterocycles. The van der Waals surface area contributed by atoms with E-state index in [9.17, 15) is 19.5 Å². The molecule has 0 aromatic carbocycles. The number of hydrogen-bond donors (Lipinski definition) is 2. The standard InChI is InChI=1S/C18H32O7/c1-3-5-7-9-11-13-15(19)24-18(23,17(21)22)25-16(20)14-12-10-8-6-4-2/h23H,3-14H2,1-2H3,(H,21,22). The van der Waals surface area contributed by atoms with Crippen molar-refractivity contribution in [3.05, 3.63) is 0 Å². The second kappa shape index (κ2) is 13.6. The second-order valence-electron chi connectivity index (χ2n) is 6.16. The Balaban J connectivity index is 4.27. The number of rotatable bonds is 15. The first-order chi connectivity index (χ1) is 11.9. The minimum absolute atomic E-state index is 0.0339. The molecule has 2 N–H and O–H groups in total. The molecule has 0 aliphatic carbocycles. The fourth-order valence-electron chi connectivity index (χ4n) is 2.26. The maximum absolute atomic E-state index is 11.7. The summed E-state index contributed by atoms with van der Waals surface area (Å²) < 4.78 is 8.99. The predicted molar refractivity (Wildman–Crippen MR) is 91.5 cm³/mol. The van der Waals surface area contributed by atoms with Gasteiger partial charge in [-0.1, -0.05) is 65.2 Å². The number of aliphatic carboxylic acids is 1. The molecule has 0 rings (SSSR count). The van der Waals surface area contributed by atoms with Crippen LogP contribution >= 0.6 is 0 Å². The van der Waals surface area contributed by atoms with Crippen LogP contribution in [0.25, 0.3) is 0 Å². The Morgan fingerprint density at radius 3 is 1.40 bits per heavy atom. The van der Waals surface area contributed by atoms with Crippen LogP contribution in [0.4, 0.5) is 0 Å². The van der Waals surface area contributed by atoms with E-state index in [1.807, 2.05) is 0 Å². The number of esters is 2. The Morgan fingerprint density at radius 2 is 1.08 bits per heavy atom.